The molecule has 164 valence electrons. The van der Waals surface area contributed by atoms with Gasteiger partial charge in [-0.3, -0.25) is 0 Å². The molecule has 2 N–H and O–H groups in total. The number of nitrogens with one attached hydrogen (secondary N) is 1. The fourth-order valence-electron chi connectivity index (χ4n) is 6.06. The first-order valence-corrected chi connectivity index (χ1v) is 11.7. The molecule has 0 spiro atoms. The smallest absolute Gasteiger partial charge is 0.119 e. The summed E-state index contributed by atoms with van der Waals surface area (Å²) in [4.78, 5) is 0. The van der Waals surface area contributed by atoms with Crippen molar-refractivity contribution in [2.75, 3.05) is 13.2 Å². The molecule has 0 unspecified atom stereocenters. The first-order chi connectivity index (χ1) is 13.5. The lowest BCUT2D eigenvalue weighted by Crippen LogP contribution is -2.41. The SMILES string of the molecule is C[C@H](NC[C@H](O)COc1ccc(C(C)(C)CC(C)(C)C)cc1)[C@@H]1C[C@@H]2CC[C@@H]1C2. The molecule has 3 rings (SSSR count). The largest absolute Gasteiger partial charge is 0.491 e. The van der Waals surface area contributed by atoms with Gasteiger partial charge in [0.1, 0.15) is 18.5 Å². The van der Waals surface area contributed by atoms with E-state index in [0.717, 1.165) is 29.9 Å². The molecule has 0 heterocycles. The van der Waals surface area contributed by atoms with Gasteiger partial charge in [-0.25, -0.2) is 0 Å². The van der Waals surface area contributed by atoms with E-state index in [1.165, 1.54) is 31.2 Å². The molecule has 29 heavy (non-hydrogen) atoms. The predicted octanol–water partition coefficient (Wildman–Crippen LogP) is 5.55. The van der Waals surface area contributed by atoms with Crippen molar-refractivity contribution in [1.82, 2.24) is 5.32 Å². The number of hydrogen-bond acceptors (Lipinski definition) is 3. The van der Waals surface area contributed by atoms with Crippen molar-refractivity contribution in [2.45, 2.75) is 91.2 Å². The minimum Gasteiger partial charge on any atom is -0.491 e. The molecule has 2 aliphatic carbocycles. The van der Waals surface area contributed by atoms with Crippen LogP contribution in [0.25, 0.3) is 0 Å². The normalized spacial score (nSPS) is 26.5. The summed E-state index contributed by atoms with van der Waals surface area (Å²) >= 11 is 0. The molecule has 2 fully saturated rings. The van der Waals surface area contributed by atoms with Crippen LogP contribution in [0.4, 0.5) is 0 Å². The summed E-state index contributed by atoms with van der Waals surface area (Å²) in [6.45, 7) is 14.7. The molecule has 5 atom stereocenters. The van der Waals surface area contributed by atoms with Gasteiger partial charge in [-0.15, -0.1) is 0 Å². The van der Waals surface area contributed by atoms with E-state index in [1.807, 2.05) is 12.1 Å². The third-order valence-electron chi connectivity index (χ3n) is 7.16. The number of rotatable bonds is 9. The molecule has 2 aliphatic rings. The average Bonchev–Trinajstić information content (AvgIpc) is 3.26. The fourth-order valence-corrected chi connectivity index (χ4v) is 6.06. The molecule has 2 saturated carbocycles. The molecule has 0 amide bonds. The van der Waals surface area contributed by atoms with Crippen LogP contribution in [-0.2, 0) is 5.41 Å². The first kappa shape index (κ1) is 22.6. The van der Waals surface area contributed by atoms with Crippen LogP contribution in [0.15, 0.2) is 24.3 Å². The van der Waals surface area contributed by atoms with Gasteiger partial charge in [0, 0.05) is 12.6 Å². The highest BCUT2D eigenvalue weighted by molar-refractivity contribution is 5.31. The van der Waals surface area contributed by atoms with Crippen molar-refractivity contribution < 1.29 is 9.84 Å². The molecule has 1 aromatic rings. The predicted molar refractivity (Wildman–Crippen MR) is 121 cm³/mol. The molecule has 0 aliphatic heterocycles. The maximum Gasteiger partial charge on any atom is 0.119 e. The Morgan fingerprint density at radius 2 is 1.76 bits per heavy atom. The molecular formula is C26H43NO2. The Labute approximate surface area is 178 Å². The van der Waals surface area contributed by atoms with E-state index in [4.69, 9.17) is 4.74 Å². The maximum atomic E-state index is 10.4. The van der Waals surface area contributed by atoms with Crippen LogP contribution in [0.3, 0.4) is 0 Å². The van der Waals surface area contributed by atoms with Crippen molar-refractivity contribution in [3.8, 4) is 5.75 Å². The average molecular weight is 402 g/mol. The number of ether oxygens (including phenoxy) is 1. The lowest BCUT2D eigenvalue weighted by Gasteiger charge is -2.33. The van der Waals surface area contributed by atoms with E-state index in [1.54, 1.807) is 0 Å². The van der Waals surface area contributed by atoms with Crippen LogP contribution in [0.5, 0.6) is 5.75 Å². The van der Waals surface area contributed by atoms with Crippen LogP contribution in [0, 0.1) is 23.2 Å². The number of aliphatic hydroxyl groups is 1. The zero-order valence-electron chi connectivity index (χ0n) is 19.5. The molecular weight excluding hydrogens is 358 g/mol. The zero-order valence-corrected chi connectivity index (χ0v) is 19.5. The molecule has 0 saturated heterocycles. The van der Waals surface area contributed by atoms with Gasteiger partial charge in [0.15, 0.2) is 0 Å². The second-order valence-corrected chi connectivity index (χ2v) is 11.6. The summed E-state index contributed by atoms with van der Waals surface area (Å²) in [7, 11) is 0. The molecule has 0 radical (unpaired) electrons. The van der Waals surface area contributed by atoms with Crippen molar-refractivity contribution >= 4 is 0 Å². The van der Waals surface area contributed by atoms with Crippen LogP contribution >= 0.6 is 0 Å². The molecule has 2 bridgehead atoms. The highest BCUT2D eigenvalue weighted by atomic mass is 16.5. The van der Waals surface area contributed by atoms with Gasteiger partial charge in [-0.2, -0.15) is 0 Å². The summed E-state index contributed by atoms with van der Waals surface area (Å²) in [6, 6.07) is 8.91. The Hall–Kier alpha value is -1.06. The Kier molecular flexibility index (Phi) is 7.00. The summed E-state index contributed by atoms with van der Waals surface area (Å²) in [5, 5.41) is 13.9. The summed E-state index contributed by atoms with van der Waals surface area (Å²) in [5.41, 5.74) is 1.77. The number of fused-ring (bicyclic) bond motifs is 2. The summed E-state index contributed by atoms with van der Waals surface area (Å²) in [6.07, 6.45) is 6.32. The van der Waals surface area contributed by atoms with E-state index in [0.29, 0.717) is 24.6 Å². The third-order valence-corrected chi connectivity index (χ3v) is 7.16. The van der Waals surface area contributed by atoms with Gasteiger partial charge in [0.05, 0.1) is 0 Å². The van der Waals surface area contributed by atoms with Gasteiger partial charge in [-0.05, 0) is 78.9 Å². The van der Waals surface area contributed by atoms with Crippen LogP contribution in [0.2, 0.25) is 0 Å². The Bertz CT molecular complexity index is 646. The zero-order chi connectivity index (χ0) is 21.2. The van der Waals surface area contributed by atoms with Gasteiger partial charge in [-0.1, -0.05) is 53.2 Å². The van der Waals surface area contributed by atoms with Crippen molar-refractivity contribution in [3.05, 3.63) is 29.8 Å². The summed E-state index contributed by atoms with van der Waals surface area (Å²) in [5.74, 6) is 3.52. The highest BCUT2D eigenvalue weighted by Crippen LogP contribution is 2.49. The molecule has 3 nitrogen and oxygen atoms in total. The quantitative estimate of drug-likeness (QED) is 0.570. The second-order valence-electron chi connectivity index (χ2n) is 11.6. The van der Waals surface area contributed by atoms with E-state index < -0.39 is 6.10 Å². The molecule has 1 aromatic carbocycles. The van der Waals surface area contributed by atoms with Crippen molar-refractivity contribution in [2.24, 2.45) is 23.2 Å². The van der Waals surface area contributed by atoms with E-state index >= 15 is 0 Å². The number of benzene rings is 1. The van der Waals surface area contributed by atoms with E-state index in [2.05, 4.69) is 59.0 Å². The summed E-state index contributed by atoms with van der Waals surface area (Å²) < 4.78 is 5.85. The number of aliphatic hydroxyl groups excluding tert-OH is 1. The van der Waals surface area contributed by atoms with Crippen LogP contribution in [-0.4, -0.2) is 30.4 Å². The molecule has 0 aromatic heterocycles. The Morgan fingerprint density at radius 3 is 2.31 bits per heavy atom. The minimum absolute atomic E-state index is 0.135. The van der Waals surface area contributed by atoms with Crippen LogP contribution < -0.4 is 10.1 Å². The first-order valence-electron chi connectivity index (χ1n) is 11.7. The van der Waals surface area contributed by atoms with Crippen LogP contribution in [0.1, 0.15) is 79.2 Å². The van der Waals surface area contributed by atoms with Gasteiger partial charge in [0.25, 0.3) is 0 Å². The van der Waals surface area contributed by atoms with Gasteiger partial charge >= 0.3 is 0 Å². The van der Waals surface area contributed by atoms with E-state index in [-0.39, 0.29) is 5.41 Å². The van der Waals surface area contributed by atoms with Gasteiger partial charge in [0.2, 0.25) is 0 Å². The van der Waals surface area contributed by atoms with Gasteiger partial charge < -0.3 is 15.2 Å². The number of hydrogen-bond donors (Lipinski definition) is 2. The maximum absolute atomic E-state index is 10.4. The fraction of sp³-hybridized carbons (Fsp3) is 0.769. The monoisotopic (exact) mass is 401 g/mol. The minimum atomic E-state index is -0.479. The third kappa shape index (κ3) is 6.21. The highest BCUT2D eigenvalue weighted by Gasteiger charge is 2.41. The Balaban J connectivity index is 1.41. The lowest BCUT2D eigenvalue weighted by atomic mass is 9.72. The molecule has 3 heteroatoms. The Morgan fingerprint density at radius 1 is 1.07 bits per heavy atom. The van der Waals surface area contributed by atoms with Crippen molar-refractivity contribution in [1.29, 1.82) is 0 Å². The topological polar surface area (TPSA) is 41.5 Å². The second kappa shape index (κ2) is 8.98. The van der Waals surface area contributed by atoms with E-state index in [9.17, 15) is 5.11 Å². The van der Waals surface area contributed by atoms with Crippen molar-refractivity contribution in [3.63, 3.8) is 0 Å². The standard InChI is InChI=1S/C26H43NO2/c1-18(24-14-19-7-8-20(24)13-19)27-15-22(28)16-29-23-11-9-21(10-12-23)26(5,6)17-25(2,3)4/h9-12,18-20,22,24,27-28H,7-8,13-17H2,1-6H3/t18-,19+,20+,22-,24-/m0/s1. The lowest BCUT2D eigenvalue weighted by molar-refractivity contribution is 0.0993.